The Balaban J connectivity index is 3.70. The minimum Gasteiger partial charge on any atom is -0.462 e. The van der Waals surface area contributed by atoms with Gasteiger partial charge in [-0.2, -0.15) is 8.42 Å². The number of hydrogen-bond donors (Lipinski definition) is 4. The molecule has 0 spiro atoms. The molecular weight excluding hydrogens is 1290 g/mol. The normalized spacial score (nSPS) is 17.2. The lowest BCUT2D eigenvalue weighted by Crippen LogP contribution is -2.70. The van der Waals surface area contributed by atoms with Crippen molar-refractivity contribution in [2.24, 2.45) is 0 Å². The van der Waals surface area contributed by atoms with E-state index in [9.17, 15) is 46.8 Å². The predicted octanol–water partition coefficient (Wildman–Crippen LogP) is 20.3. The van der Waals surface area contributed by atoms with Crippen molar-refractivity contribution in [2.75, 3.05) is 13.2 Å². The van der Waals surface area contributed by atoms with Crippen LogP contribution < -0.4 is 10.6 Å². The zero-order valence-corrected chi connectivity index (χ0v) is 65.6. The summed E-state index contributed by atoms with van der Waals surface area (Å²) in [5.41, 5.74) is 0. The minimum atomic E-state index is -5.33. The van der Waals surface area contributed by atoms with Crippen LogP contribution in [0, 0.1) is 0 Å². The number of ether oxygens (including phenoxy) is 5. The molecule has 18 nitrogen and oxygen atoms in total. The van der Waals surface area contributed by atoms with E-state index in [1.54, 1.807) is 0 Å². The molecule has 1 heterocycles. The standard InChI is InChI=1S/C81H152N2O16S/c1-7-13-19-25-31-34-40-43-49-57-69(95-75(88)60-52-46-37-28-22-16-10-4)64-68(85)56-55-63-94-81-79(83-74(87)66-71(59-51-45-42-36-33-27-21-15-9-3)97-77(90)62-54-48-39-30-24-18-12-6)78(80(72(67-84)98-81)99-100(91,92)93)82-73(86)65-70(58-50-44-41-35-32-26-20-14-8-2)96-76(89)61-53-47-38-29-23-17-11-5/h69-72,78-81,84H,7-67H2,1-6H3,(H,82,86)(H,83,87)(H,91,92,93)/t69-,70-,71-,72?,78-,79?,80-,81-/m1/s1. The number of rotatable bonds is 73. The Morgan fingerprint density at radius 2 is 0.650 bits per heavy atom. The zero-order valence-electron chi connectivity index (χ0n) is 64.8. The molecule has 0 aromatic rings. The van der Waals surface area contributed by atoms with Crippen LogP contribution in [0.3, 0.4) is 0 Å². The highest BCUT2D eigenvalue weighted by molar-refractivity contribution is 7.80. The second-order valence-corrected chi connectivity index (χ2v) is 30.4. The maximum absolute atomic E-state index is 14.8. The van der Waals surface area contributed by atoms with E-state index in [-0.39, 0.29) is 63.3 Å². The summed E-state index contributed by atoms with van der Waals surface area (Å²) in [5, 5.41) is 16.7. The smallest absolute Gasteiger partial charge is 0.397 e. The molecule has 4 N–H and O–H groups in total. The van der Waals surface area contributed by atoms with Gasteiger partial charge in [-0.3, -0.25) is 33.3 Å². The van der Waals surface area contributed by atoms with Crippen molar-refractivity contribution in [3.8, 4) is 0 Å². The number of Topliss-reactive ketones (excluding diaryl/α,β-unsaturated/α-hetero) is 1. The monoisotopic (exact) mass is 1440 g/mol. The molecule has 0 aromatic carbocycles. The van der Waals surface area contributed by atoms with Crippen LogP contribution in [0.15, 0.2) is 0 Å². The Hall–Kier alpha value is -3.23. The average molecular weight is 1440 g/mol. The highest BCUT2D eigenvalue weighted by Gasteiger charge is 2.50. The maximum Gasteiger partial charge on any atom is 0.397 e. The summed E-state index contributed by atoms with van der Waals surface area (Å²) in [6.45, 7) is 12.1. The third-order valence-electron chi connectivity index (χ3n) is 19.7. The predicted molar refractivity (Wildman–Crippen MR) is 403 cm³/mol. The van der Waals surface area contributed by atoms with Crippen LogP contribution in [0.25, 0.3) is 0 Å². The molecule has 8 atom stereocenters. The molecule has 19 heteroatoms. The van der Waals surface area contributed by atoms with Gasteiger partial charge in [0.25, 0.3) is 0 Å². The molecule has 100 heavy (non-hydrogen) atoms. The lowest BCUT2D eigenvalue weighted by molar-refractivity contribution is -0.246. The number of aliphatic hydroxyl groups is 1. The molecule has 0 radical (unpaired) electrons. The zero-order chi connectivity index (χ0) is 73.4. The molecule has 2 amide bonds. The van der Waals surface area contributed by atoms with E-state index in [1.807, 2.05) is 0 Å². The Bertz CT molecular complexity index is 2100. The van der Waals surface area contributed by atoms with E-state index in [1.165, 1.54) is 116 Å². The van der Waals surface area contributed by atoms with Gasteiger partial charge in [-0.25, -0.2) is 4.18 Å². The van der Waals surface area contributed by atoms with Gasteiger partial charge in [-0.15, -0.1) is 0 Å². The summed E-state index contributed by atoms with van der Waals surface area (Å²) < 4.78 is 72.1. The molecule has 1 fully saturated rings. The van der Waals surface area contributed by atoms with Crippen LogP contribution in [-0.2, 0) is 67.0 Å². The molecule has 0 saturated carbocycles. The molecule has 1 aliphatic rings. The van der Waals surface area contributed by atoms with Gasteiger partial charge in [-0.1, -0.05) is 311 Å². The third kappa shape index (κ3) is 55.3. The summed E-state index contributed by atoms with van der Waals surface area (Å²) >= 11 is 0. The fourth-order valence-electron chi connectivity index (χ4n) is 13.6. The molecule has 2 unspecified atom stereocenters. The number of amides is 2. The fourth-order valence-corrected chi connectivity index (χ4v) is 14.1. The summed E-state index contributed by atoms with van der Waals surface area (Å²) in [6, 6.07) is -3.04. The van der Waals surface area contributed by atoms with Gasteiger partial charge in [0, 0.05) is 32.1 Å². The molecule has 1 saturated heterocycles. The van der Waals surface area contributed by atoms with Crippen molar-refractivity contribution in [1.82, 2.24) is 10.6 Å². The van der Waals surface area contributed by atoms with Crippen molar-refractivity contribution in [2.45, 2.75) is 469 Å². The van der Waals surface area contributed by atoms with Crippen LogP contribution >= 0.6 is 0 Å². The highest BCUT2D eigenvalue weighted by Crippen LogP contribution is 2.29. The SMILES string of the molecule is CCCCCCCCCCC[C@H](CC(=O)CCCO[C@@H]1OC(CO)[C@@H](OS(=O)(=O)O)[C@H](NC(=O)C[C@@H](CCCCCCCCCCC)OC(=O)CCCCCCCCC)C1NC(=O)C[C@@H](CCCCCCCCCCC)OC(=O)CCCCCCCCC)OC(=O)CCCCCCCCC. The first-order valence-electron chi connectivity index (χ1n) is 41.8. The van der Waals surface area contributed by atoms with E-state index < -0.39 is 89.7 Å². The lowest BCUT2D eigenvalue weighted by Gasteiger charge is -2.45. The van der Waals surface area contributed by atoms with Crippen molar-refractivity contribution in [3.63, 3.8) is 0 Å². The van der Waals surface area contributed by atoms with Crippen molar-refractivity contribution < 1.29 is 74.7 Å². The quantitative estimate of drug-likeness (QED) is 0.0191. The third-order valence-corrected chi connectivity index (χ3v) is 20.1. The van der Waals surface area contributed by atoms with Crippen molar-refractivity contribution in [3.05, 3.63) is 0 Å². The van der Waals surface area contributed by atoms with E-state index in [0.717, 1.165) is 167 Å². The number of unbranched alkanes of at least 4 members (excludes halogenated alkanes) is 42. The summed E-state index contributed by atoms with van der Waals surface area (Å²) in [5.74, 6) is -2.60. The van der Waals surface area contributed by atoms with E-state index >= 15 is 0 Å². The van der Waals surface area contributed by atoms with Crippen LogP contribution in [0.4, 0.5) is 0 Å². The first kappa shape index (κ1) is 94.8. The molecule has 1 aliphatic heterocycles. The Kier molecular flexibility index (Phi) is 63.0. The second-order valence-electron chi connectivity index (χ2n) is 29.3. The number of esters is 3. The van der Waals surface area contributed by atoms with Crippen LogP contribution in [0.5, 0.6) is 0 Å². The fraction of sp³-hybridized carbons (Fsp3) is 0.926. The Labute approximate surface area is 610 Å². The number of carbonyl (C=O) groups is 6. The van der Waals surface area contributed by atoms with Gasteiger partial charge >= 0.3 is 28.3 Å². The molecule has 0 bridgehead atoms. The number of nitrogens with one attached hydrogen (secondary N) is 2. The van der Waals surface area contributed by atoms with Gasteiger partial charge in [0.15, 0.2) is 6.29 Å². The van der Waals surface area contributed by atoms with Crippen LogP contribution in [-0.4, -0.2) is 116 Å². The van der Waals surface area contributed by atoms with Gasteiger partial charge in [0.05, 0.1) is 32.1 Å². The summed E-state index contributed by atoms with van der Waals surface area (Å²) in [4.78, 5) is 83.8. The van der Waals surface area contributed by atoms with E-state index in [0.29, 0.717) is 51.4 Å². The molecule has 588 valence electrons. The van der Waals surface area contributed by atoms with Gasteiger partial charge < -0.3 is 39.4 Å². The van der Waals surface area contributed by atoms with E-state index in [4.69, 9.17) is 27.9 Å². The second kappa shape index (κ2) is 66.5. The first-order chi connectivity index (χ1) is 48.5. The molecule has 0 aliphatic carbocycles. The summed E-state index contributed by atoms with van der Waals surface area (Å²) in [6.07, 6.45) is 45.3. The topological polar surface area (TPSA) is 256 Å². The van der Waals surface area contributed by atoms with Crippen LogP contribution in [0.2, 0.25) is 0 Å². The molecule has 1 rings (SSSR count). The maximum atomic E-state index is 14.8. The first-order valence-corrected chi connectivity index (χ1v) is 43.1. The van der Waals surface area contributed by atoms with Gasteiger partial charge in [0.2, 0.25) is 11.8 Å². The Morgan fingerprint density at radius 3 is 0.950 bits per heavy atom. The number of ketones is 1. The molecular formula is C81H152N2O16S. The van der Waals surface area contributed by atoms with Crippen LogP contribution in [0.1, 0.15) is 420 Å². The average Bonchev–Trinajstić information content (AvgIpc) is 0.782. The Morgan fingerprint density at radius 1 is 0.370 bits per heavy atom. The minimum absolute atomic E-state index is 0.0339. The van der Waals surface area contributed by atoms with Crippen molar-refractivity contribution in [1.29, 1.82) is 0 Å². The number of carbonyl (C=O) groups excluding carboxylic acids is 6. The highest BCUT2D eigenvalue weighted by atomic mass is 32.3. The number of hydrogen-bond acceptors (Lipinski definition) is 15. The summed E-state index contributed by atoms with van der Waals surface area (Å²) in [7, 11) is -5.33. The largest absolute Gasteiger partial charge is 0.462 e. The van der Waals surface area contributed by atoms with Gasteiger partial charge in [0.1, 0.15) is 42.3 Å². The van der Waals surface area contributed by atoms with Crippen molar-refractivity contribution >= 4 is 45.9 Å². The molecule has 0 aromatic heterocycles. The lowest BCUT2D eigenvalue weighted by atomic mass is 9.93. The van der Waals surface area contributed by atoms with E-state index in [2.05, 4.69) is 52.2 Å². The number of aliphatic hydroxyl groups excluding tert-OH is 1. The van der Waals surface area contributed by atoms with Gasteiger partial charge in [-0.05, 0) is 64.2 Å².